The molecule has 246 valence electrons. The van der Waals surface area contributed by atoms with Gasteiger partial charge in [0.15, 0.2) is 17.2 Å². The number of allylic oxidation sites excluding steroid dienone is 2. The Hall–Kier alpha value is -3.71. The van der Waals surface area contributed by atoms with Crippen molar-refractivity contribution in [1.82, 2.24) is 0 Å². The highest BCUT2D eigenvalue weighted by Crippen LogP contribution is 2.65. The molecule has 4 atom stereocenters. The first-order chi connectivity index (χ1) is 21.3. The molecule has 0 amide bonds. The van der Waals surface area contributed by atoms with Gasteiger partial charge in [-0.25, -0.2) is 0 Å². The molecule has 0 aromatic heterocycles. The van der Waals surface area contributed by atoms with Crippen molar-refractivity contribution >= 4 is 17.3 Å². The van der Waals surface area contributed by atoms with Crippen molar-refractivity contribution in [2.45, 2.75) is 99.0 Å². The van der Waals surface area contributed by atoms with Gasteiger partial charge >= 0.3 is 0 Å². The van der Waals surface area contributed by atoms with Crippen LogP contribution in [0.25, 0.3) is 11.1 Å². The molecule has 3 N–H and O–H groups in total. The van der Waals surface area contributed by atoms with E-state index in [1.807, 2.05) is 26.8 Å². The van der Waals surface area contributed by atoms with E-state index in [-0.39, 0.29) is 29.1 Å². The summed E-state index contributed by atoms with van der Waals surface area (Å²) >= 11 is 0. The molecule has 3 aliphatic carbocycles. The highest BCUT2D eigenvalue weighted by molar-refractivity contribution is 6.25. The largest absolute Gasteiger partial charge is 0.511 e. The van der Waals surface area contributed by atoms with Crippen LogP contribution in [0.3, 0.4) is 0 Å². The summed E-state index contributed by atoms with van der Waals surface area (Å²) in [7, 11) is 0. The molecule has 46 heavy (non-hydrogen) atoms. The summed E-state index contributed by atoms with van der Waals surface area (Å²) in [6, 6.07) is 12.1. The van der Waals surface area contributed by atoms with Crippen LogP contribution >= 0.6 is 0 Å². The topological polar surface area (TPSA) is 121 Å². The second-order valence-electron chi connectivity index (χ2n) is 15.5. The van der Waals surface area contributed by atoms with Gasteiger partial charge in [0.05, 0.1) is 12.2 Å². The number of hydrogen-bond acceptors (Lipinski definition) is 7. The Morgan fingerprint density at radius 1 is 1.04 bits per heavy atom. The lowest BCUT2D eigenvalue weighted by Crippen LogP contribution is -2.67. The smallest absolute Gasteiger partial charge is 0.209 e. The van der Waals surface area contributed by atoms with Crippen molar-refractivity contribution in [2.75, 3.05) is 6.61 Å². The lowest BCUT2D eigenvalue weighted by molar-refractivity contribution is -0.171. The monoisotopic (exact) mass is 628 g/mol. The minimum Gasteiger partial charge on any atom is -0.511 e. The van der Waals surface area contributed by atoms with Crippen LogP contribution in [-0.2, 0) is 21.4 Å². The number of Topliss-reactive ketones (excluding diaryl/α,β-unsaturated/α-hetero) is 3. The maximum absolute atomic E-state index is 14.8. The van der Waals surface area contributed by atoms with Crippen molar-refractivity contribution in [1.29, 1.82) is 0 Å². The standard InChI is InChI=1S/C39H48O7/c1-10-11-18-46-27-17-16-25(23-12-14-24(15-13-23)36(5,6)7)26-19-37(8)20-38(9)30(21(2)3)32(41)28(22(4)40)34(43)39(38,45)35(44)31(37)33(42)29(26)27/h12-17,21,30,41,44-45H,10-11,18-20H2,1-9H3. The summed E-state index contributed by atoms with van der Waals surface area (Å²) in [4.78, 5) is 41.4. The number of aliphatic hydroxyl groups is 3. The Morgan fingerprint density at radius 2 is 1.67 bits per heavy atom. The number of carbonyl (C=O) groups is 3. The van der Waals surface area contributed by atoms with Gasteiger partial charge in [0, 0.05) is 22.3 Å². The average Bonchev–Trinajstić information content (AvgIpc) is 2.94. The Morgan fingerprint density at radius 3 is 2.22 bits per heavy atom. The van der Waals surface area contributed by atoms with Crippen LogP contribution in [0.5, 0.6) is 5.75 Å². The highest BCUT2D eigenvalue weighted by Gasteiger charge is 2.71. The zero-order valence-electron chi connectivity index (χ0n) is 28.6. The van der Waals surface area contributed by atoms with E-state index in [9.17, 15) is 29.7 Å². The fraction of sp³-hybridized carbons (Fsp3) is 0.513. The maximum Gasteiger partial charge on any atom is 0.209 e. The Balaban J connectivity index is 1.78. The SMILES string of the molecule is CCCCOc1ccc(-c2ccc(C(C)(C)C)cc2)c2c1C(=O)C1=C(O)C3(O)C(=O)C(C(C)=O)=C(O)C(C(C)C)C3(C)CC1(C)C2. The number of benzene rings is 2. The van der Waals surface area contributed by atoms with E-state index in [0.29, 0.717) is 24.3 Å². The summed E-state index contributed by atoms with van der Waals surface area (Å²) in [5.74, 6) is -4.14. The van der Waals surface area contributed by atoms with E-state index in [0.717, 1.165) is 36.5 Å². The van der Waals surface area contributed by atoms with E-state index >= 15 is 0 Å². The number of ketones is 3. The van der Waals surface area contributed by atoms with E-state index in [2.05, 4.69) is 52.0 Å². The molecule has 0 bridgehead atoms. The predicted octanol–water partition coefficient (Wildman–Crippen LogP) is 7.78. The van der Waals surface area contributed by atoms with Crippen molar-refractivity contribution in [3.8, 4) is 16.9 Å². The molecule has 0 saturated carbocycles. The number of ether oxygens (including phenoxy) is 1. The van der Waals surface area contributed by atoms with Crippen molar-refractivity contribution < 1.29 is 34.4 Å². The Bertz CT molecular complexity index is 1690. The van der Waals surface area contributed by atoms with Gasteiger partial charge in [-0.2, -0.15) is 0 Å². The van der Waals surface area contributed by atoms with Crippen molar-refractivity contribution in [2.24, 2.45) is 22.7 Å². The van der Waals surface area contributed by atoms with Gasteiger partial charge in [0.2, 0.25) is 5.78 Å². The van der Waals surface area contributed by atoms with E-state index in [1.165, 1.54) is 5.56 Å². The fourth-order valence-electron chi connectivity index (χ4n) is 8.59. The first-order valence-corrected chi connectivity index (χ1v) is 16.4. The molecule has 0 heterocycles. The average molecular weight is 629 g/mol. The summed E-state index contributed by atoms with van der Waals surface area (Å²) < 4.78 is 6.16. The van der Waals surface area contributed by atoms with Crippen LogP contribution in [0.1, 0.15) is 103 Å². The van der Waals surface area contributed by atoms with Gasteiger partial charge in [0.25, 0.3) is 0 Å². The molecule has 4 unspecified atom stereocenters. The zero-order valence-corrected chi connectivity index (χ0v) is 28.6. The summed E-state index contributed by atoms with van der Waals surface area (Å²) in [5.41, 5.74) is -1.53. The molecular weight excluding hydrogens is 580 g/mol. The second kappa shape index (κ2) is 11.2. The van der Waals surface area contributed by atoms with Crippen molar-refractivity contribution in [3.05, 3.63) is 75.8 Å². The number of hydrogen-bond donors (Lipinski definition) is 3. The molecule has 2 aromatic carbocycles. The number of rotatable bonds is 7. The number of carbonyl (C=O) groups excluding carboxylic acids is 3. The quantitative estimate of drug-likeness (QED) is 0.211. The zero-order chi connectivity index (χ0) is 34.1. The predicted molar refractivity (Wildman–Crippen MR) is 178 cm³/mol. The normalized spacial score (nSPS) is 27.8. The van der Waals surface area contributed by atoms with Gasteiger partial charge in [-0.3, -0.25) is 14.4 Å². The van der Waals surface area contributed by atoms with Crippen LogP contribution in [0, 0.1) is 22.7 Å². The molecule has 5 rings (SSSR count). The molecule has 7 nitrogen and oxygen atoms in total. The molecule has 2 aromatic rings. The van der Waals surface area contributed by atoms with Gasteiger partial charge in [-0.15, -0.1) is 0 Å². The van der Waals surface area contributed by atoms with Crippen LogP contribution < -0.4 is 4.74 Å². The third kappa shape index (κ3) is 4.76. The van der Waals surface area contributed by atoms with Gasteiger partial charge < -0.3 is 20.1 Å². The first kappa shape index (κ1) is 33.6. The highest BCUT2D eigenvalue weighted by atomic mass is 16.5. The number of aliphatic hydroxyl groups excluding tert-OH is 2. The molecule has 3 aliphatic rings. The van der Waals surface area contributed by atoms with E-state index in [4.69, 9.17) is 4.74 Å². The Kier molecular flexibility index (Phi) is 8.21. The third-order valence-corrected chi connectivity index (χ3v) is 10.7. The summed E-state index contributed by atoms with van der Waals surface area (Å²) in [6.07, 6.45) is 2.12. The third-order valence-electron chi connectivity index (χ3n) is 10.7. The van der Waals surface area contributed by atoms with Crippen LogP contribution in [0.2, 0.25) is 0 Å². The molecule has 0 aliphatic heterocycles. The summed E-state index contributed by atoms with van der Waals surface area (Å²) in [5, 5.41) is 35.9. The van der Waals surface area contributed by atoms with Gasteiger partial charge in [0.1, 0.15) is 22.8 Å². The molecule has 0 saturated heterocycles. The van der Waals surface area contributed by atoms with Crippen molar-refractivity contribution in [3.63, 3.8) is 0 Å². The Labute approximate surface area is 272 Å². The minimum absolute atomic E-state index is 0.0312. The van der Waals surface area contributed by atoms with E-state index < -0.39 is 51.0 Å². The molecule has 7 heteroatoms. The molecular formula is C39H48O7. The molecule has 0 radical (unpaired) electrons. The van der Waals surface area contributed by atoms with E-state index in [1.54, 1.807) is 13.0 Å². The van der Waals surface area contributed by atoms with Crippen LogP contribution in [0.4, 0.5) is 0 Å². The lowest BCUT2D eigenvalue weighted by atomic mass is 9.44. The van der Waals surface area contributed by atoms with Gasteiger partial charge in [-0.05, 0) is 65.8 Å². The summed E-state index contributed by atoms with van der Waals surface area (Å²) in [6.45, 7) is 17.3. The fourth-order valence-corrected chi connectivity index (χ4v) is 8.59. The lowest BCUT2D eigenvalue weighted by Gasteiger charge is -2.59. The molecule has 0 spiro atoms. The number of fused-ring (bicyclic) bond motifs is 3. The first-order valence-electron chi connectivity index (χ1n) is 16.4. The van der Waals surface area contributed by atoms with Gasteiger partial charge in [-0.1, -0.05) is 92.1 Å². The van der Waals surface area contributed by atoms with Crippen LogP contribution in [0.15, 0.2) is 59.1 Å². The maximum atomic E-state index is 14.8. The number of unbranched alkanes of at least 4 members (excludes halogenated alkanes) is 1. The van der Waals surface area contributed by atoms with Crippen LogP contribution in [-0.4, -0.2) is 44.9 Å². The second-order valence-corrected chi connectivity index (χ2v) is 15.5. The molecule has 0 fully saturated rings. The minimum atomic E-state index is -2.58.